The van der Waals surface area contributed by atoms with Gasteiger partial charge in [-0.3, -0.25) is 14.4 Å². The van der Waals surface area contributed by atoms with E-state index in [0.717, 1.165) is 18.4 Å². The maximum Gasteiger partial charge on any atom is 0.253 e. The third kappa shape index (κ3) is 4.79. The Labute approximate surface area is 183 Å². The van der Waals surface area contributed by atoms with Crippen LogP contribution in [0.3, 0.4) is 0 Å². The standard InChI is InChI=1S/C25H29N3O3/c26-24(30)22(15-18-7-3-1-4-8-18)28-14-12-21-17-27(13-11-20(21)16-23(28)29)25(31)19-9-5-2-6-10-19/h1-10,20-22H,11-17H2,(H2,26,30)/t20-,21-,22-/m0/s1. The van der Waals surface area contributed by atoms with Crippen LogP contribution in [-0.2, 0) is 16.0 Å². The van der Waals surface area contributed by atoms with E-state index in [1.165, 1.54) is 0 Å². The van der Waals surface area contributed by atoms with Gasteiger partial charge in [0.15, 0.2) is 0 Å². The van der Waals surface area contributed by atoms with Crippen LogP contribution in [0.1, 0.15) is 35.2 Å². The van der Waals surface area contributed by atoms with Crippen molar-refractivity contribution in [2.75, 3.05) is 19.6 Å². The summed E-state index contributed by atoms with van der Waals surface area (Å²) in [5, 5.41) is 0. The molecule has 2 aromatic rings. The Kier molecular flexibility index (Phi) is 6.35. The number of carbonyl (C=O) groups excluding carboxylic acids is 3. The van der Waals surface area contributed by atoms with Gasteiger partial charge < -0.3 is 15.5 Å². The molecule has 2 fully saturated rings. The van der Waals surface area contributed by atoms with Crippen LogP contribution in [0.4, 0.5) is 0 Å². The topological polar surface area (TPSA) is 83.7 Å². The van der Waals surface area contributed by atoms with Gasteiger partial charge in [0.1, 0.15) is 6.04 Å². The zero-order valence-corrected chi connectivity index (χ0v) is 17.7. The fourth-order valence-electron chi connectivity index (χ4n) is 4.93. The third-order valence-corrected chi connectivity index (χ3v) is 6.67. The number of carbonyl (C=O) groups is 3. The molecule has 0 bridgehead atoms. The minimum atomic E-state index is -0.642. The molecule has 2 aromatic carbocycles. The van der Waals surface area contributed by atoms with Crippen LogP contribution < -0.4 is 5.73 Å². The van der Waals surface area contributed by atoms with Crippen LogP contribution in [0.2, 0.25) is 0 Å². The molecule has 3 amide bonds. The lowest BCUT2D eigenvalue weighted by molar-refractivity contribution is -0.139. The SMILES string of the molecule is NC(=O)[C@H](Cc1ccccc1)N1CC[C@H]2CN(C(=O)c3ccccc3)CC[C@H]2CC1=O. The van der Waals surface area contributed by atoms with Crippen molar-refractivity contribution >= 4 is 17.7 Å². The van der Waals surface area contributed by atoms with Gasteiger partial charge in [-0.15, -0.1) is 0 Å². The summed E-state index contributed by atoms with van der Waals surface area (Å²) in [6.45, 7) is 1.80. The number of piperidine rings is 1. The first-order valence-corrected chi connectivity index (χ1v) is 11.0. The number of primary amides is 1. The van der Waals surface area contributed by atoms with Crippen molar-refractivity contribution in [1.82, 2.24) is 9.80 Å². The predicted molar refractivity (Wildman–Crippen MR) is 118 cm³/mol. The van der Waals surface area contributed by atoms with Crippen molar-refractivity contribution < 1.29 is 14.4 Å². The molecule has 6 heteroatoms. The average molecular weight is 420 g/mol. The molecule has 2 aliphatic rings. The van der Waals surface area contributed by atoms with Gasteiger partial charge in [-0.05, 0) is 42.4 Å². The van der Waals surface area contributed by atoms with E-state index in [4.69, 9.17) is 5.73 Å². The molecule has 0 aromatic heterocycles. The Morgan fingerprint density at radius 3 is 2.26 bits per heavy atom. The molecule has 4 rings (SSSR count). The zero-order valence-electron chi connectivity index (χ0n) is 17.7. The quantitative estimate of drug-likeness (QED) is 0.808. The Balaban J connectivity index is 1.45. The Hall–Kier alpha value is -3.15. The molecular formula is C25H29N3O3. The second-order valence-electron chi connectivity index (χ2n) is 8.61. The number of rotatable bonds is 5. The highest BCUT2D eigenvalue weighted by Gasteiger charge is 2.39. The number of nitrogens with two attached hydrogens (primary N) is 1. The van der Waals surface area contributed by atoms with Gasteiger partial charge in [-0.25, -0.2) is 0 Å². The lowest BCUT2D eigenvalue weighted by Crippen LogP contribution is -2.49. The van der Waals surface area contributed by atoms with Gasteiger partial charge in [0.05, 0.1) is 0 Å². The minimum Gasteiger partial charge on any atom is -0.368 e. The first kappa shape index (κ1) is 21.1. The van der Waals surface area contributed by atoms with Crippen molar-refractivity contribution in [3.8, 4) is 0 Å². The van der Waals surface area contributed by atoms with Gasteiger partial charge in [-0.1, -0.05) is 48.5 Å². The highest BCUT2D eigenvalue weighted by atomic mass is 16.2. The van der Waals surface area contributed by atoms with Crippen LogP contribution in [0, 0.1) is 11.8 Å². The molecule has 2 heterocycles. The second kappa shape index (κ2) is 9.33. The van der Waals surface area contributed by atoms with Gasteiger partial charge >= 0.3 is 0 Å². The molecular weight excluding hydrogens is 390 g/mol. The largest absolute Gasteiger partial charge is 0.368 e. The van der Waals surface area contributed by atoms with Crippen LogP contribution in [0.25, 0.3) is 0 Å². The summed E-state index contributed by atoms with van der Waals surface area (Å²) in [5.41, 5.74) is 7.40. The van der Waals surface area contributed by atoms with E-state index in [-0.39, 0.29) is 23.7 Å². The van der Waals surface area contributed by atoms with E-state index in [2.05, 4.69) is 0 Å². The summed E-state index contributed by atoms with van der Waals surface area (Å²) in [6, 6.07) is 18.4. The molecule has 2 aliphatic heterocycles. The van der Waals surface area contributed by atoms with Crippen LogP contribution in [0.15, 0.2) is 60.7 Å². The normalized spacial score (nSPS) is 22.4. The van der Waals surface area contributed by atoms with Crippen molar-refractivity contribution in [1.29, 1.82) is 0 Å². The first-order chi connectivity index (χ1) is 15.0. The fourth-order valence-corrected chi connectivity index (χ4v) is 4.93. The smallest absolute Gasteiger partial charge is 0.253 e. The Morgan fingerprint density at radius 1 is 0.935 bits per heavy atom. The lowest BCUT2D eigenvalue weighted by atomic mass is 9.82. The maximum absolute atomic E-state index is 13.1. The van der Waals surface area contributed by atoms with E-state index < -0.39 is 11.9 Å². The molecule has 0 radical (unpaired) electrons. The van der Waals surface area contributed by atoms with E-state index >= 15 is 0 Å². The maximum atomic E-state index is 13.1. The minimum absolute atomic E-state index is 0.00457. The zero-order chi connectivity index (χ0) is 21.8. The summed E-state index contributed by atoms with van der Waals surface area (Å²) in [7, 11) is 0. The predicted octanol–water partition coefficient (Wildman–Crippen LogP) is 2.48. The second-order valence-corrected chi connectivity index (χ2v) is 8.61. The summed E-state index contributed by atoms with van der Waals surface area (Å²) in [4.78, 5) is 41.8. The molecule has 162 valence electrons. The summed E-state index contributed by atoms with van der Waals surface area (Å²) in [5.74, 6) is 0.0618. The average Bonchev–Trinajstić information content (AvgIpc) is 2.95. The van der Waals surface area contributed by atoms with Crippen molar-refractivity contribution in [3.63, 3.8) is 0 Å². The monoisotopic (exact) mass is 419 g/mol. The van der Waals surface area contributed by atoms with Gasteiger partial charge in [0, 0.05) is 38.0 Å². The molecule has 2 N–H and O–H groups in total. The number of fused-ring (bicyclic) bond motifs is 1. The number of hydrogen-bond donors (Lipinski definition) is 1. The number of hydrogen-bond acceptors (Lipinski definition) is 3. The van der Waals surface area contributed by atoms with Gasteiger partial charge in [-0.2, -0.15) is 0 Å². The molecule has 0 saturated carbocycles. The lowest BCUT2D eigenvalue weighted by Gasteiger charge is -2.37. The highest BCUT2D eigenvalue weighted by molar-refractivity contribution is 5.94. The van der Waals surface area contributed by atoms with Crippen molar-refractivity contribution in [2.24, 2.45) is 17.6 Å². The highest BCUT2D eigenvalue weighted by Crippen LogP contribution is 2.33. The number of nitrogens with zero attached hydrogens (tertiary/aromatic N) is 2. The number of likely N-dealkylation sites (tertiary alicyclic amines) is 2. The molecule has 31 heavy (non-hydrogen) atoms. The Morgan fingerprint density at radius 2 is 1.58 bits per heavy atom. The van der Waals surface area contributed by atoms with E-state index in [1.807, 2.05) is 65.6 Å². The van der Waals surface area contributed by atoms with Gasteiger partial charge in [0.2, 0.25) is 11.8 Å². The van der Waals surface area contributed by atoms with Crippen LogP contribution in [-0.4, -0.2) is 53.2 Å². The van der Waals surface area contributed by atoms with Crippen molar-refractivity contribution in [3.05, 3.63) is 71.8 Å². The number of amides is 3. The Bertz CT molecular complexity index is 932. The van der Waals surface area contributed by atoms with Gasteiger partial charge in [0.25, 0.3) is 5.91 Å². The summed E-state index contributed by atoms with van der Waals surface area (Å²) >= 11 is 0. The van der Waals surface area contributed by atoms with E-state index in [1.54, 1.807) is 4.90 Å². The molecule has 0 aliphatic carbocycles. The van der Waals surface area contributed by atoms with Crippen molar-refractivity contribution in [2.45, 2.75) is 31.7 Å². The fraction of sp³-hybridized carbons (Fsp3) is 0.400. The van der Waals surface area contributed by atoms with Crippen LogP contribution in [0.5, 0.6) is 0 Å². The number of benzene rings is 2. The summed E-state index contributed by atoms with van der Waals surface area (Å²) in [6.07, 6.45) is 2.42. The molecule has 6 nitrogen and oxygen atoms in total. The van der Waals surface area contributed by atoms with E-state index in [9.17, 15) is 14.4 Å². The van der Waals surface area contributed by atoms with Crippen LogP contribution >= 0.6 is 0 Å². The third-order valence-electron chi connectivity index (χ3n) is 6.67. The van der Waals surface area contributed by atoms with E-state index in [0.29, 0.717) is 38.0 Å². The molecule has 0 unspecified atom stereocenters. The molecule has 3 atom stereocenters. The summed E-state index contributed by atoms with van der Waals surface area (Å²) < 4.78 is 0. The molecule has 2 saturated heterocycles. The molecule has 0 spiro atoms. The first-order valence-electron chi connectivity index (χ1n) is 11.0.